The maximum absolute atomic E-state index is 10.3. The summed E-state index contributed by atoms with van der Waals surface area (Å²) >= 11 is 0. The van der Waals surface area contributed by atoms with Gasteiger partial charge < -0.3 is 4.90 Å². The van der Waals surface area contributed by atoms with E-state index in [9.17, 15) is 8.42 Å². The van der Waals surface area contributed by atoms with Crippen LogP contribution in [0.15, 0.2) is 0 Å². The van der Waals surface area contributed by atoms with E-state index in [1.54, 1.807) is 0 Å². The monoisotopic (exact) mass is 192 g/mol. The van der Waals surface area contributed by atoms with Gasteiger partial charge in [0.1, 0.15) is 6.54 Å². The van der Waals surface area contributed by atoms with Crippen molar-refractivity contribution in [3.63, 3.8) is 0 Å². The molecule has 0 radical (unpaired) electrons. The first kappa shape index (κ1) is 11.4. The molecule has 0 spiro atoms. The highest BCUT2D eigenvalue weighted by atomic mass is 32.2. The van der Waals surface area contributed by atoms with Crippen molar-refractivity contribution in [1.82, 2.24) is 0 Å². The third-order valence-electron chi connectivity index (χ3n) is 1.41. The Balaban J connectivity index is 3.52. The molecule has 0 aliphatic rings. The normalized spacial score (nSPS) is 13.8. The Bertz CT molecular complexity index is 252. The number of hydrogen-bond acceptors (Lipinski definition) is 2. The summed E-state index contributed by atoms with van der Waals surface area (Å²) in [4.78, 5) is 1.07. The quantitative estimate of drug-likeness (QED) is 0.408. The summed E-state index contributed by atoms with van der Waals surface area (Å²) < 4.78 is 28.9. The lowest BCUT2D eigenvalue weighted by atomic mass is 10.4. The Morgan fingerprint density at radius 1 is 1.58 bits per heavy atom. The van der Waals surface area contributed by atoms with Gasteiger partial charge in [-0.15, -0.1) is 6.42 Å². The van der Waals surface area contributed by atoms with Gasteiger partial charge in [0.05, 0.1) is 19.3 Å². The van der Waals surface area contributed by atoms with Crippen LogP contribution in [0.3, 0.4) is 0 Å². The van der Waals surface area contributed by atoms with Crippen LogP contribution in [-0.4, -0.2) is 38.9 Å². The zero-order valence-electron chi connectivity index (χ0n) is 7.08. The number of hydrogen-bond donors (Lipinski definition) is 2. The summed E-state index contributed by atoms with van der Waals surface area (Å²) in [5.41, 5.74) is 0. The molecule has 0 aromatic heterocycles. The smallest absolute Gasteiger partial charge is 0.265 e. The molecule has 2 N–H and O–H groups in total. The largest absolute Gasteiger partial charge is 0.327 e. The van der Waals surface area contributed by atoms with Gasteiger partial charge in [-0.2, -0.15) is 8.42 Å². The van der Waals surface area contributed by atoms with Crippen LogP contribution in [0.25, 0.3) is 0 Å². The fourth-order valence-electron chi connectivity index (χ4n) is 0.819. The minimum absolute atomic E-state index is 0.186. The minimum atomic E-state index is -3.80. The molecule has 4 nitrogen and oxygen atoms in total. The average molecular weight is 192 g/mol. The van der Waals surface area contributed by atoms with Crippen molar-refractivity contribution in [2.24, 2.45) is 0 Å². The van der Waals surface area contributed by atoms with E-state index in [-0.39, 0.29) is 5.75 Å². The van der Waals surface area contributed by atoms with E-state index in [2.05, 4.69) is 5.92 Å². The molecule has 70 valence electrons. The first-order valence-corrected chi connectivity index (χ1v) is 5.26. The van der Waals surface area contributed by atoms with Crippen molar-refractivity contribution in [3.8, 4) is 12.3 Å². The van der Waals surface area contributed by atoms with Crippen molar-refractivity contribution in [2.75, 3.05) is 25.9 Å². The third-order valence-corrected chi connectivity index (χ3v) is 2.21. The van der Waals surface area contributed by atoms with E-state index in [1.807, 2.05) is 7.05 Å². The van der Waals surface area contributed by atoms with Crippen molar-refractivity contribution < 1.29 is 17.9 Å². The number of quaternary nitrogens is 1. The van der Waals surface area contributed by atoms with Crippen LogP contribution < -0.4 is 4.90 Å². The number of rotatable bonds is 5. The summed E-state index contributed by atoms with van der Waals surface area (Å²) in [6.07, 6.45) is 5.49. The molecule has 0 amide bonds. The van der Waals surface area contributed by atoms with Crippen LogP contribution in [0, 0.1) is 12.3 Å². The summed E-state index contributed by atoms with van der Waals surface area (Å²) in [6.45, 7) is 1.23. The van der Waals surface area contributed by atoms with Crippen LogP contribution >= 0.6 is 0 Å². The fraction of sp³-hybridized carbons (Fsp3) is 0.714. The minimum Gasteiger partial charge on any atom is -0.327 e. The van der Waals surface area contributed by atoms with E-state index < -0.39 is 10.1 Å². The first-order chi connectivity index (χ1) is 5.45. The van der Waals surface area contributed by atoms with Crippen LogP contribution in [0.2, 0.25) is 0 Å². The standard InChI is InChI=1S/C7H13NO3S/c1-3-5-8(2)6-4-7-12(9,10)11/h1H,4-7H2,2H3,(H,9,10,11)/p+1. The van der Waals surface area contributed by atoms with E-state index >= 15 is 0 Å². The lowest BCUT2D eigenvalue weighted by molar-refractivity contribution is -0.871. The lowest BCUT2D eigenvalue weighted by Gasteiger charge is -2.08. The Kier molecular flexibility index (Phi) is 4.90. The zero-order valence-corrected chi connectivity index (χ0v) is 7.89. The molecular weight excluding hydrogens is 178 g/mol. The first-order valence-electron chi connectivity index (χ1n) is 3.65. The van der Waals surface area contributed by atoms with E-state index in [0.29, 0.717) is 19.5 Å². The Morgan fingerprint density at radius 2 is 2.17 bits per heavy atom. The van der Waals surface area contributed by atoms with Gasteiger partial charge in [0.2, 0.25) is 0 Å². The maximum atomic E-state index is 10.3. The predicted molar refractivity (Wildman–Crippen MR) is 46.5 cm³/mol. The third kappa shape index (κ3) is 7.54. The average Bonchev–Trinajstić information content (AvgIpc) is 1.84. The summed E-state index contributed by atoms with van der Waals surface area (Å²) in [7, 11) is -1.92. The van der Waals surface area contributed by atoms with Crippen molar-refractivity contribution >= 4 is 10.1 Å². The van der Waals surface area contributed by atoms with Gasteiger partial charge in [0, 0.05) is 6.42 Å². The molecule has 0 saturated heterocycles. The molecule has 0 aromatic rings. The highest BCUT2D eigenvalue weighted by molar-refractivity contribution is 7.85. The van der Waals surface area contributed by atoms with E-state index in [4.69, 9.17) is 11.0 Å². The van der Waals surface area contributed by atoms with E-state index in [1.165, 1.54) is 0 Å². The van der Waals surface area contributed by atoms with Gasteiger partial charge in [0.25, 0.3) is 10.1 Å². The molecule has 1 atom stereocenters. The highest BCUT2D eigenvalue weighted by Crippen LogP contribution is 1.84. The Labute approximate surface area is 73.3 Å². The SMILES string of the molecule is C#CC[NH+](C)CCCS(=O)(=O)O. The van der Waals surface area contributed by atoms with Gasteiger partial charge in [-0.3, -0.25) is 4.55 Å². The second kappa shape index (κ2) is 5.14. The molecule has 0 saturated carbocycles. The van der Waals surface area contributed by atoms with Crippen molar-refractivity contribution in [3.05, 3.63) is 0 Å². The van der Waals surface area contributed by atoms with Gasteiger partial charge in [0.15, 0.2) is 0 Å². The molecule has 0 fully saturated rings. The fourth-order valence-corrected chi connectivity index (χ4v) is 1.33. The van der Waals surface area contributed by atoms with Gasteiger partial charge >= 0.3 is 0 Å². The summed E-state index contributed by atoms with van der Waals surface area (Å²) in [6, 6.07) is 0. The summed E-state index contributed by atoms with van der Waals surface area (Å²) in [5, 5.41) is 0. The predicted octanol–water partition coefficient (Wildman–Crippen LogP) is -1.59. The molecule has 5 heteroatoms. The zero-order chi connectivity index (χ0) is 9.61. The molecule has 0 bridgehead atoms. The molecule has 12 heavy (non-hydrogen) atoms. The lowest BCUT2D eigenvalue weighted by Crippen LogP contribution is -3.08. The highest BCUT2D eigenvalue weighted by Gasteiger charge is 2.06. The summed E-state index contributed by atoms with van der Waals surface area (Å²) in [5.74, 6) is 2.28. The molecular formula is C7H14NO3S+. The molecule has 0 rings (SSSR count). The van der Waals surface area contributed by atoms with Gasteiger partial charge in [-0.1, -0.05) is 0 Å². The second-order valence-electron chi connectivity index (χ2n) is 2.73. The van der Waals surface area contributed by atoms with E-state index in [0.717, 1.165) is 4.90 Å². The Hall–Kier alpha value is -0.570. The topological polar surface area (TPSA) is 58.8 Å². The molecule has 0 aliphatic carbocycles. The van der Waals surface area contributed by atoms with Crippen molar-refractivity contribution in [1.29, 1.82) is 0 Å². The number of nitrogens with one attached hydrogen (secondary N) is 1. The van der Waals surface area contributed by atoms with Crippen LogP contribution in [-0.2, 0) is 10.1 Å². The Morgan fingerprint density at radius 3 is 2.58 bits per heavy atom. The van der Waals surface area contributed by atoms with Gasteiger partial charge in [-0.25, -0.2) is 0 Å². The number of terminal acetylenes is 1. The molecule has 1 unspecified atom stereocenters. The molecule has 0 heterocycles. The molecule has 0 aliphatic heterocycles. The van der Waals surface area contributed by atoms with Crippen LogP contribution in [0.4, 0.5) is 0 Å². The van der Waals surface area contributed by atoms with Crippen LogP contribution in [0.5, 0.6) is 0 Å². The van der Waals surface area contributed by atoms with Crippen molar-refractivity contribution in [2.45, 2.75) is 6.42 Å². The second-order valence-corrected chi connectivity index (χ2v) is 4.30. The van der Waals surface area contributed by atoms with Gasteiger partial charge in [-0.05, 0) is 5.92 Å². The maximum Gasteiger partial charge on any atom is 0.265 e. The molecule has 0 aromatic carbocycles. The van der Waals surface area contributed by atoms with Crippen LogP contribution in [0.1, 0.15) is 6.42 Å².